The molecule has 112 valence electrons. The van der Waals surface area contributed by atoms with Crippen molar-refractivity contribution in [1.29, 1.82) is 5.26 Å². The molecular weight excluding hydrogens is 298 g/mol. The number of ketones is 1. The Morgan fingerprint density at radius 1 is 1.36 bits per heavy atom. The van der Waals surface area contributed by atoms with Gasteiger partial charge in [-0.3, -0.25) is 9.59 Å². The van der Waals surface area contributed by atoms with Crippen molar-refractivity contribution in [2.75, 3.05) is 5.32 Å². The predicted octanol–water partition coefficient (Wildman–Crippen LogP) is 2.98. The Labute approximate surface area is 132 Å². The molecule has 0 radical (unpaired) electrons. The van der Waals surface area contributed by atoms with Crippen LogP contribution in [0.15, 0.2) is 30.5 Å². The third-order valence-corrected chi connectivity index (χ3v) is 4.07. The van der Waals surface area contributed by atoms with E-state index in [2.05, 4.69) is 10.3 Å². The molecule has 0 spiro atoms. The maximum atomic E-state index is 12.2. The van der Waals surface area contributed by atoms with Gasteiger partial charge in [-0.25, -0.2) is 4.98 Å². The van der Waals surface area contributed by atoms with Crippen molar-refractivity contribution < 1.29 is 9.59 Å². The van der Waals surface area contributed by atoms with E-state index in [0.717, 1.165) is 17.0 Å². The second-order valence-electron chi connectivity index (χ2n) is 4.71. The van der Waals surface area contributed by atoms with Crippen LogP contribution in [0.5, 0.6) is 0 Å². The minimum atomic E-state index is -1.37. The van der Waals surface area contributed by atoms with E-state index in [1.54, 1.807) is 25.1 Å². The minimum absolute atomic E-state index is 0.320. The molecule has 1 aromatic carbocycles. The Morgan fingerprint density at radius 2 is 2.05 bits per heavy atom. The van der Waals surface area contributed by atoms with Crippen LogP contribution in [-0.4, -0.2) is 16.7 Å². The number of anilines is 1. The number of hydrogen-bond acceptors (Lipinski definition) is 5. The molecule has 0 aliphatic heterocycles. The number of hydrogen-bond donors (Lipinski definition) is 1. The van der Waals surface area contributed by atoms with E-state index in [1.807, 2.05) is 19.1 Å². The van der Waals surface area contributed by atoms with Gasteiger partial charge in [0.25, 0.3) is 0 Å². The zero-order valence-electron chi connectivity index (χ0n) is 12.3. The number of Topliss-reactive ketones (excluding diaryl/α,β-unsaturated/α-hetero) is 1. The first-order valence-electron chi connectivity index (χ1n) is 6.81. The Bertz CT molecular complexity index is 729. The van der Waals surface area contributed by atoms with Crippen LogP contribution >= 0.6 is 11.3 Å². The van der Waals surface area contributed by atoms with Crippen molar-refractivity contribution in [3.63, 3.8) is 0 Å². The SMILES string of the molecule is CCc1ccc(NC(=O)C(C#N)C(=O)c2cnc(C)s2)cc1. The summed E-state index contributed by atoms with van der Waals surface area (Å²) < 4.78 is 0. The zero-order chi connectivity index (χ0) is 16.1. The van der Waals surface area contributed by atoms with E-state index in [0.29, 0.717) is 10.6 Å². The highest BCUT2D eigenvalue weighted by atomic mass is 32.1. The van der Waals surface area contributed by atoms with Gasteiger partial charge in [0.15, 0.2) is 5.92 Å². The summed E-state index contributed by atoms with van der Waals surface area (Å²) in [5.74, 6) is -2.51. The van der Waals surface area contributed by atoms with Gasteiger partial charge in [-0.1, -0.05) is 19.1 Å². The highest BCUT2D eigenvalue weighted by Crippen LogP contribution is 2.18. The fourth-order valence-electron chi connectivity index (χ4n) is 1.89. The molecule has 5 nitrogen and oxygen atoms in total. The second-order valence-corrected chi connectivity index (χ2v) is 5.94. The number of nitrogens with zero attached hydrogens (tertiary/aromatic N) is 2. The number of carbonyl (C=O) groups is 2. The lowest BCUT2D eigenvalue weighted by Crippen LogP contribution is -2.28. The number of carbonyl (C=O) groups excluding carboxylic acids is 2. The van der Waals surface area contributed by atoms with E-state index in [-0.39, 0.29) is 0 Å². The van der Waals surface area contributed by atoms with Crippen LogP contribution < -0.4 is 5.32 Å². The number of thiazole rings is 1. The molecule has 1 aromatic heterocycles. The van der Waals surface area contributed by atoms with Crippen molar-refractivity contribution in [3.8, 4) is 6.07 Å². The largest absolute Gasteiger partial charge is 0.325 e. The van der Waals surface area contributed by atoms with E-state index < -0.39 is 17.6 Å². The highest BCUT2D eigenvalue weighted by molar-refractivity contribution is 7.13. The molecule has 1 amide bonds. The van der Waals surface area contributed by atoms with Crippen molar-refractivity contribution in [2.24, 2.45) is 5.92 Å². The molecule has 2 aromatic rings. The zero-order valence-corrected chi connectivity index (χ0v) is 13.1. The Balaban J connectivity index is 2.11. The van der Waals surface area contributed by atoms with Gasteiger partial charge in [-0.15, -0.1) is 11.3 Å². The van der Waals surface area contributed by atoms with Crippen LogP contribution in [0.25, 0.3) is 0 Å². The number of nitriles is 1. The monoisotopic (exact) mass is 313 g/mol. The van der Waals surface area contributed by atoms with Gasteiger partial charge in [0.05, 0.1) is 16.0 Å². The summed E-state index contributed by atoms with van der Waals surface area (Å²) in [7, 11) is 0. The van der Waals surface area contributed by atoms with E-state index >= 15 is 0 Å². The van der Waals surface area contributed by atoms with Crippen LogP contribution in [0, 0.1) is 24.2 Å². The number of aryl methyl sites for hydroxylation is 2. The van der Waals surface area contributed by atoms with Crippen molar-refractivity contribution in [2.45, 2.75) is 20.3 Å². The molecule has 2 rings (SSSR count). The Morgan fingerprint density at radius 3 is 2.55 bits per heavy atom. The lowest BCUT2D eigenvalue weighted by atomic mass is 10.0. The Hall–Kier alpha value is -2.52. The number of nitrogens with one attached hydrogen (secondary N) is 1. The summed E-state index contributed by atoms with van der Waals surface area (Å²) in [5, 5.41) is 12.5. The van der Waals surface area contributed by atoms with Gasteiger partial charge in [0.1, 0.15) is 0 Å². The molecular formula is C16H15N3O2S. The third kappa shape index (κ3) is 3.57. The first-order chi connectivity index (χ1) is 10.5. The maximum Gasteiger partial charge on any atom is 0.249 e. The minimum Gasteiger partial charge on any atom is -0.325 e. The number of rotatable bonds is 5. The van der Waals surface area contributed by atoms with Crippen molar-refractivity contribution in [1.82, 2.24) is 4.98 Å². The molecule has 1 atom stereocenters. The molecule has 0 bridgehead atoms. The molecule has 0 saturated carbocycles. The summed E-state index contributed by atoms with van der Waals surface area (Å²) in [4.78, 5) is 28.7. The summed E-state index contributed by atoms with van der Waals surface area (Å²) in [6.07, 6.45) is 2.30. The average molecular weight is 313 g/mol. The van der Waals surface area contributed by atoms with Crippen LogP contribution in [0.1, 0.15) is 27.2 Å². The quantitative estimate of drug-likeness (QED) is 0.679. The molecule has 0 aliphatic carbocycles. The van der Waals surface area contributed by atoms with Gasteiger partial charge in [0.2, 0.25) is 11.7 Å². The fourth-order valence-corrected chi connectivity index (χ4v) is 2.64. The Kier molecular flexibility index (Phi) is 5.02. The lowest BCUT2D eigenvalue weighted by Gasteiger charge is -2.09. The molecule has 22 heavy (non-hydrogen) atoms. The van der Waals surface area contributed by atoms with E-state index in [9.17, 15) is 9.59 Å². The van der Waals surface area contributed by atoms with Crippen LogP contribution in [0.4, 0.5) is 5.69 Å². The van der Waals surface area contributed by atoms with Gasteiger partial charge < -0.3 is 5.32 Å². The summed E-state index contributed by atoms with van der Waals surface area (Å²) in [5.41, 5.74) is 1.71. The topological polar surface area (TPSA) is 82.9 Å². The molecule has 1 unspecified atom stereocenters. The summed E-state index contributed by atoms with van der Waals surface area (Å²) in [6, 6.07) is 9.07. The normalized spacial score (nSPS) is 11.5. The maximum absolute atomic E-state index is 12.2. The standard InChI is InChI=1S/C16H15N3O2S/c1-3-11-4-6-12(7-5-11)19-16(21)13(8-17)15(20)14-9-18-10(2)22-14/h4-7,9,13H,3H2,1-2H3,(H,19,21). The van der Waals surface area contributed by atoms with Gasteiger partial charge in [0, 0.05) is 11.9 Å². The first kappa shape index (κ1) is 15.9. The van der Waals surface area contributed by atoms with Crippen molar-refractivity contribution >= 4 is 28.7 Å². The third-order valence-electron chi connectivity index (χ3n) is 3.15. The second kappa shape index (κ2) is 6.96. The highest BCUT2D eigenvalue weighted by Gasteiger charge is 2.28. The number of benzene rings is 1. The smallest absolute Gasteiger partial charge is 0.249 e. The van der Waals surface area contributed by atoms with Gasteiger partial charge in [-0.05, 0) is 31.0 Å². The molecule has 1 heterocycles. The van der Waals surface area contributed by atoms with Gasteiger partial charge in [-0.2, -0.15) is 5.26 Å². The van der Waals surface area contributed by atoms with Crippen LogP contribution in [0.2, 0.25) is 0 Å². The molecule has 0 saturated heterocycles. The lowest BCUT2D eigenvalue weighted by molar-refractivity contribution is -0.117. The first-order valence-corrected chi connectivity index (χ1v) is 7.63. The summed E-state index contributed by atoms with van der Waals surface area (Å²) in [6.45, 7) is 3.80. The number of amides is 1. The van der Waals surface area contributed by atoms with E-state index in [4.69, 9.17) is 5.26 Å². The molecule has 0 fully saturated rings. The molecule has 1 N–H and O–H groups in total. The van der Waals surface area contributed by atoms with Crippen molar-refractivity contribution in [3.05, 3.63) is 45.9 Å². The fraction of sp³-hybridized carbons (Fsp3) is 0.250. The number of aromatic nitrogens is 1. The van der Waals surface area contributed by atoms with E-state index in [1.165, 1.54) is 17.5 Å². The molecule has 0 aliphatic rings. The van der Waals surface area contributed by atoms with Gasteiger partial charge >= 0.3 is 0 Å². The van der Waals surface area contributed by atoms with Crippen LogP contribution in [0.3, 0.4) is 0 Å². The average Bonchev–Trinajstić information content (AvgIpc) is 2.95. The molecule has 6 heteroatoms. The van der Waals surface area contributed by atoms with Crippen LogP contribution in [-0.2, 0) is 11.2 Å². The summed E-state index contributed by atoms with van der Waals surface area (Å²) >= 11 is 1.18. The predicted molar refractivity (Wildman–Crippen MR) is 84.7 cm³/mol.